The Kier molecular flexibility index (Phi) is 4.33. The second-order valence-electron chi connectivity index (χ2n) is 3.76. The number of aliphatic hydroxyl groups is 1. The minimum atomic E-state index is -4.52. The first-order valence-electron chi connectivity index (χ1n) is 5.09. The van der Waals surface area contributed by atoms with Crippen molar-refractivity contribution in [2.24, 2.45) is 0 Å². The van der Waals surface area contributed by atoms with Crippen molar-refractivity contribution in [3.63, 3.8) is 0 Å². The fourth-order valence-corrected chi connectivity index (χ4v) is 1.62. The predicted octanol–water partition coefficient (Wildman–Crippen LogP) is -0.352. The molecule has 8 heteroatoms. The van der Waals surface area contributed by atoms with Gasteiger partial charge in [-0.25, -0.2) is 0 Å². The van der Waals surface area contributed by atoms with E-state index in [-0.39, 0.29) is 18.7 Å². The number of nitrogens with zero attached hydrogens (tertiary/aromatic N) is 1. The average molecular weight is 254 g/mol. The van der Waals surface area contributed by atoms with Gasteiger partial charge in [0.15, 0.2) is 0 Å². The lowest BCUT2D eigenvalue weighted by Crippen LogP contribution is -2.48. The molecule has 0 aliphatic carbocycles. The second-order valence-corrected chi connectivity index (χ2v) is 3.76. The summed E-state index contributed by atoms with van der Waals surface area (Å²) in [5.41, 5.74) is 0. The highest BCUT2D eigenvalue weighted by molar-refractivity contribution is 5.90. The van der Waals surface area contributed by atoms with Gasteiger partial charge in [0.05, 0.1) is 6.61 Å². The SMILES string of the molecule is O=C1CC[C@@H](C(=O)N(CCO)CC(F)(F)F)N1. The van der Waals surface area contributed by atoms with Gasteiger partial charge in [0.25, 0.3) is 0 Å². The molecule has 0 aromatic carbocycles. The molecule has 0 bridgehead atoms. The summed E-state index contributed by atoms with van der Waals surface area (Å²) in [6, 6.07) is -0.906. The number of hydrogen-bond acceptors (Lipinski definition) is 3. The van der Waals surface area contributed by atoms with Crippen molar-refractivity contribution in [2.75, 3.05) is 19.7 Å². The molecule has 1 fully saturated rings. The number of halogens is 3. The lowest BCUT2D eigenvalue weighted by Gasteiger charge is -2.25. The third-order valence-electron chi connectivity index (χ3n) is 2.35. The van der Waals surface area contributed by atoms with Gasteiger partial charge in [0, 0.05) is 13.0 Å². The molecule has 1 rings (SSSR count). The van der Waals surface area contributed by atoms with Crippen molar-refractivity contribution in [3.8, 4) is 0 Å². The highest BCUT2D eigenvalue weighted by Crippen LogP contribution is 2.18. The molecular weight excluding hydrogens is 241 g/mol. The number of nitrogens with one attached hydrogen (secondary N) is 1. The maximum atomic E-state index is 12.2. The quantitative estimate of drug-likeness (QED) is 0.720. The topological polar surface area (TPSA) is 69.6 Å². The molecule has 1 saturated heterocycles. The molecule has 2 amide bonds. The fraction of sp³-hybridized carbons (Fsp3) is 0.778. The summed E-state index contributed by atoms with van der Waals surface area (Å²) in [7, 11) is 0. The van der Waals surface area contributed by atoms with Gasteiger partial charge in [0.2, 0.25) is 11.8 Å². The Morgan fingerprint density at radius 3 is 2.59 bits per heavy atom. The van der Waals surface area contributed by atoms with Crippen LogP contribution in [0.15, 0.2) is 0 Å². The Hall–Kier alpha value is -1.31. The molecule has 0 radical (unpaired) electrons. The summed E-state index contributed by atoms with van der Waals surface area (Å²) in [6.45, 7) is -2.37. The molecule has 0 aromatic heterocycles. The first-order valence-corrected chi connectivity index (χ1v) is 5.09. The van der Waals surface area contributed by atoms with E-state index in [1.807, 2.05) is 0 Å². The van der Waals surface area contributed by atoms with Crippen molar-refractivity contribution < 1.29 is 27.9 Å². The molecule has 0 spiro atoms. The number of alkyl halides is 3. The number of amides is 2. The Balaban J connectivity index is 2.63. The predicted molar refractivity (Wildman–Crippen MR) is 50.9 cm³/mol. The molecular formula is C9H13F3N2O3. The normalized spacial score (nSPS) is 20.2. The van der Waals surface area contributed by atoms with E-state index in [1.165, 1.54) is 0 Å². The van der Waals surface area contributed by atoms with Crippen LogP contribution in [0.3, 0.4) is 0 Å². The third-order valence-corrected chi connectivity index (χ3v) is 2.35. The molecule has 98 valence electrons. The van der Waals surface area contributed by atoms with Crippen LogP contribution in [0, 0.1) is 0 Å². The van der Waals surface area contributed by atoms with Gasteiger partial charge < -0.3 is 15.3 Å². The van der Waals surface area contributed by atoms with E-state index < -0.39 is 37.8 Å². The lowest BCUT2D eigenvalue weighted by atomic mass is 10.2. The number of hydrogen-bond donors (Lipinski definition) is 2. The van der Waals surface area contributed by atoms with E-state index in [4.69, 9.17) is 5.11 Å². The van der Waals surface area contributed by atoms with E-state index in [1.54, 1.807) is 0 Å². The molecule has 0 saturated carbocycles. The van der Waals surface area contributed by atoms with Gasteiger partial charge in [-0.2, -0.15) is 13.2 Å². The summed E-state index contributed by atoms with van der Waals surface area (Å²) in [5, 5.41) is 10.9. The van der Waals surface area contributed by atoms with Crippen molar-refractivity contribution in [3.05, 3.63) is 0 Å². The lowest BCUT2D eigenvalue weighted by molar-refractivity contribution is -0.163. The summed E-state index contributed by atoms with van der Waals surface area (Å²) >= 11 is 0. The van der Waals surface area contributed by atoms with Crippen LogP contribution in [0.1, 0.15) is 12.8 Å². The maximum absolute atomic E-state index is 12.2. The molecule has 0 aromatic rings. The summed E-state index contributed by atoms with van der Waals surface area (Å²) in [5.74, 6) is -1.15. The number of aliphatic hydroxyl groups excluding tert-OH is 1. The van der Waals surface area contributed by atoms with Crippen molar-refractivity contribution in [1.29, 1.82) is 0 Å². The highest BCUT2D eigenvalue weighted by atomic mass is 19.4. The second kappa shape index (κ2) is 5.35. The molecule has 1 heterocycles. The first kappa shape index (κ1) is 13.8. The minimum Gasteiger partial charge on any atom is -0.395 e. The standard InChI is InChI=1S/C9H13F3N2O3/c10-9(11,12)5-14(3-4-15)8(17)6-1-2-7(16)13-6/h6,15H,1-5H2,(H,13,16)/t6-/m0/s1. The molecule has 17 heavy (non-hydrogen) atoms. The van der Waals surface area contributed by atoms with Gasteiger partial charge in [-0.15, -0.1) is 0 Å². The van der Waals surface area contributed by atoms with Gasteiger partial charge in [-0.3, -0.25) is 9.59 Å². The maximum Gasteiger partial charge on any atom is 0.406 e. The molecule has 2 N–H and O–H groups in total. The fourth-order valence-electron chi connectivity index (χ4n) is 1.62. The summed E-state index contributed by atoms with van der Waals surface area (Å²) in [6.07, 6.45) is -4.19. The highest BCUT2D eigenvalue weighted by Gasteiger charge is 2.37. The van der Waals surface area contributed by atoms with Crippen LogP contribution in [0.4, 0.5) is 13.2 Å². The zero-order chi connectivity index (χ0) is 13.1. The minimum absolute atomic E-state index is 0.134. The monoisotopic (exact) mass is 254 g/mol. The molecule has 1 aliphatic heterocycles. The van der Waals surface area contributed by atoms with Crippen LogP contribution in [-0.4, -0.2) is 53.7 Å². The van der Waals surface area contributed by atoms with Crippen LogP contribution in [0.5, 0.6) is 0 Å². The zero-order valence-corrected chi connectivity index (χ0v) is 8.96. The van der Waals surface area contributed by atoms with E-state index in [0.717, 1.165) is 0 Å². The van der Waals surface area contributed by atoms with Gasteiger partial charge >= 0.3 is 6.18 Å². The number of carbonyl (C=O) groups excluding carboxylic acids is 2. The molecule has 5 nitrogen and oxygen atoms in total. The van der Waals surface area contributed by atoms with Crippen molar-refractivity contribution in [1.82, 2.24) is 10.2 Å². The number of rotatable bonds is 4. The van der Waals surface area contributed by atoms with Crippen molar-refractivity contribution in [2.45, 2.75) is 25.1 Å². The average Bonchev–Trinajstić information content (AvgIpc) is 2.61. The Morgan fingerprint density at radius 2 is 2.18 bits per heavy atom. The van der Waals surface area contributed by atoms with Crippen LogP contribution in [0.2, 0.25) is 0 Å². The van der Waals surface area contributed by atoms with Gasteiger partial charge in [-0.05, 0) is 6.42 Å². The van der Waals surface area contributed by atoms with Crippen LogP contribution < -0.4 is 5.32 Å². The smallest absolute Gasteiger partial charge is 0.395 e. The first-order chi connectivity index (χ1) is 7.83. The molecule has 1 atom stereocenters. The third kappa shape index (κ3) is 4.22. The largest absolute Gasteiger partial charge is 0.406 e. The van der Waals surface area contributed by atoms with Crippen LogP contribution in [0.25, 0.3) is 0 Å². The Morgan fingerprint density at radius 1 is 1.53 bits per heavy atom. The summed E-state index contributed by atoms with van der Waals surface area (Å²) in [4.78, 5) is 23.0. The van der Waals surface area contributed by atoms with E-state index in [9.17, 15) is 22.8 Å². The zero-order valence-electron chi connectivity index (χ0n) is 8.96. The van der Waals surface area contributed by atoms with E-state index in [0.29, 0.717) is 4.90 Å². The van der Waals surface area contributed by atoms with E-state index >= 15 is 0 Å². The van der Waals surface area contributed by atoms with E-state index in [2.05, 4.69) is 5.32 Å². The van der Waals surface area contributed by atoms with Crippen LogP contribution in [-0.2, 0) is 9.59 Å². The van der Waals surface area contributed by atoms with Crippen LogP contribution >= 0.6 is 0 Å². The summed E-state index contributed by atoms with van der Waals surface area (Å²) < 4.78 is 36.6. The van der Waals surface area contributed by atoms with Gasteiger partial charge in [-0.1, -0.05) is 0 Å². The van der Waals surface area contributed by atoms with Gasteiger partial charge in [0.1, 0.15) is 12.6 Å². The van der Waals surface area contributed by atoms with Crippen molar-refractivity contribution >= 4 is 11.8 Å². The Labute approximate surface area is 95.6 Å². The number of carbonyl (C=O) groups is 2. The Bertz CT molecular complexity index is 306. The molecule has 1 aliphatic rings. The molecule has 0 unspecified atom stereocenters.